The summed E-state index contributed by atoms with van der Waals surface area (Å²) in [6.45, 7) is 5.24. The normalized spacial score (nSPS) is 21.8. The Morgan fingerprint density at radius 2 is 2.25 bits per heavy atom. The van der Waals surface area contributed by atoms with E-state index in [1.807, 2.05) is 6.92 Å². The van der Waals surface area contributed by atoms with E-state index in [0.29, 0.717) is 13.1 Å². The smallest absolute Gasteiger partial charge is 0.308 e. The molecule has 1 aliphatic heterocycles. The molecule has 1 aliphatic rings. The summed E-state index contributed by atoms with van der Waals surface area (Å²) in [6, 6.07) is -0.110. The summed E-state index contributed by atoms with van der Waals surface area (Å²) in [5.41, 5.74) is 0. The Morgan fingerprint density at radius 3 is 2.69 bits per heavy atom. The molecule has 0 aromatic rings. The highest BCUT2D eigenvalue weighted by Crippen LogP contribution is 2.10. The first-order valence-electron chi connectivity index (χ1n) is 5.81. The van der Waals surface area contributed by atoms with E-state index in [1.165, 1.54) is 0 Å². The third-order valence-electron chi connectivity index (χ3n) is 2.97. The van der Waals surface area contributed by atoms with Crippen LogP contribution in [0, 0.1) is 5.92 Å². The molecule has 1 rings (SSSR count). The first-order chi connectivity index (χ1) is 7.56. The van der Waals surface area contributed by atoms with Crippen LogP contribution >= 0.6 is 0 Å². The number of hydrogen-bond acceptors (Lipinski definition) is 3. The van der Waals surface area contributed by atoms with Gasteiger partial charge in [-0.05, 0) is 26.3 Å². The number of hydrogen-bond donors (Lipinski definition) is 2. The van der Waals surface area contributed by atoms with E-state index in [0.717, 1.165) is 19.4 Å². The molecular weight excluding hydrogens is 208 g/mol. The van der Waals surface area contributed by atoms with Gasteiger partial charge in [-0.15, -0.1) is 0 Å². The van der Waals surface area contributed by atoms with Gasteiger partial charge in [0.25, 0.3) is 0 Å². The predicted molar refractivity (Wildman–Crippen MR) is 60.1 cm³/mol. The summed E-state index contributed by atoms with van der Waals surface area (Å²) in [4.78, 5) is 24.4. The Hall–Kier alpha value is -1.10. The zero-order valence-corrected chi connectivity index (χ0v) is 9.90. The van der Waals surface area contributed by atoms with Gasteiger partial charge in [-0.1, -0.05) is 6.92 Å². The van der Waals surface area contributed by atoms with Crippen molar-refractivity contribution in [1.82, 2.24) is 10.2 Å². The van der Waals surface area contributed by atoms with E-state index >= 15 is 0 Å². The summed E-state index contributed by atoms with van der Waals surface area (Å²) < 4.78 is 0. The molecule has 2 unspecified atom stereocenters. The zero-order chi connectivity index (χ0) is 12.1. The number of carbonyl (C=O) groups excluding carboxylic acids is 1. The van der Waals surface area contributed by atoms with Crippen molar-refractivity contribution in [1.29, 1.82) is 0 Å². The molecule has 1 saturated heterocycles. The molecule has 1 fully saturated rings. The monoisotopic (exact) mass is 228 g/mol. The summed E-state index contributed by atoms with van der Waals surface area (Å²) in [7, 11) is 0. The molecule has 2 atom stereocenters. The van der Waals surface area contributed by atoms with Gasteiger partial charge in [-0.25, -0.2) is 0 Å². The number of nitrogens with one attached hydrogen (secondary N) is 1. The second kappa shape index (κ2) is 5.84. The van der Waals surface area contributed by atoms with E-state index in [-0.39, 0.29) is 11.9 Å². The van der Waals surface area contributed by atoms with Gasteiger partial charge in [0, 0.05) is 13.1 Å². The second-order valence-electron chi connectivity index (χ2n) is 4.27. The fraction of sp³-hybridized carbons (Fsp3) is 0.818. The number of carboxylic acids is 1. The number of likely N-dealkylation sites (N-methyl/N-ethyl adjacent to an activating group) is 1. The minimum absolute atomic E-state index is 0.0353. The molecule has 0 bridgehead atoms. The second-order valence-corrected chi connectivity index (χ2v) is 4.27. The molecule has 0 saturated carbocycles. The third kappa shape index (κ3) is 3.20. The number of rotatable bonds is 5. The van der Waals surface area contributed by atoms with Crippen molar-refractivity contribution < 1.29 is 14.7 Å². The van der Waals surface area contributed by atoms with Crippen LogP contribution in [-0.4, -0.2) is 47.6 Å². The molecule has 1 amide bonds. The SMILES string of the molecule is CCN(CC(C)C(=O)O)C(=O)C1CCCN1. The number of carboxylic acid groups (broad SMARTS) is 1. The molecule has 0 aromatic heterocycles. The van der Waals surface area contributed by atoms with Crippen LogP contribution in [0.3, 0.4) is 0 Å². The number of amides is 1. The van der Waals surface area contributed by atoms with Gasteiger partial charge < -0.3 is 15.3 Å². The number of nitrogens with zero attached hydrogens (tertiary/aromatic N) is 1. The fourth-order valence-electron chi connectivity index (χ4n) is 1.90. The fourth-order valence-corrected chi connectivity index (χ4v) is 1.90. The first-order valence-corrected chi connectivity index (χ1v) is 5.81. The van der Waals surface area contributed by atoms with Crippen LogP contribution in [0.25, 0.3) is 0 Å². The minimum atomic E-state index is -0.856. The Balaban J connectivity index is 2.52. The maximum atomic E-state index is 12.0. The lowest BCUT2D eigenvalue weighted by Gasteiger charge is -2.25. The Kier molecular flexibility index (Phi) is 4.73. The maximum absolute atomic E-state index is 12.0. The van der Waals surface area contributed by atoms with Gasteiger partial charge in [0.1, 0.15) is 0 Å². The molecule has 0 spiro atoms. The van der Waals surface area contributed by atoms with Gasteiger partial charge in [-0.2, -0.15) is 0 Å². The summed E-state index contributed by atoms with van der Waals surface area (Å²) in [5.74, 6) is -1.33. The molecule has 1 heterocycles. The van der Waals surface area contributed by atoms with Crippen molar-refractivity contribution in [3.05, 3.63) is 0 Å². The van der Waals surface area contributed by atoms with Gasteiger partial charge >= 0.3 is 5.97 Å². The van der Waals surface area contributed by atoms with Crippen LogP contribution in [-0.2, 0) is 9.59 Å². The van der Waals surface area contributed by atoms with Gasteiger partial charge in [-0.3, -0.25) is 9.59 Å². The molecule has 0 aliphatic carbocycles. The highest BCUT2D eigenvalue weighted by Gasteiger charge is 2.27. The molecular formula is C11H20N2O3. The Bertz CT molecular complexity index is 262. The molecule has 5 nitrogen and oxygen atoms in total. The average molecular weight is 228 g/mol. The van der Waals surface area contributed by atoms with Crippen molar-refractivity contribution in [2.75, 3.05) is 19.6 Å². The lowest BCUT2D eigenvalue weighted by Crippen LogP contribution is -2.45. The minimum Gasteiger partial charge on any atom is -0.481 e. The van der Waals surface area contributed by atoms with Crippen LogP contribution in [0.15, 0.2) is 0 Å². The third-order valence-corrected chi connectivity index (χ3v) is 2.97. The van der Waals surface area contributed by atoms with Gasteiger partial charge in [0.05, 0.1) is 12.0 Å². The molecule has 2 N–H and O–H groups in total. The van der Waals surface area contributed by atoms with E-state index < -0.39 is 11.9 Å². The van der Waals surface area contributed by atoms with Gasteiger partial charge in [0.15, 0.2) is 0 Å². The van der Waals surface area contributed by atoms with Crippen molar-refractivity contribution in [3.63, 3.8) is 0 Å². The maximum Gasteiger partial charge on any atom is 0.308 e. The molecule has 0 aromatic carbocycles. The van der Waals surface area contributed by atoms with Crippen LogP contribution in [0.1, 0.15) is 26.7 Å². The first kappa shape index (κ1) is 13.0. The van der Waals surface area contributed by atoms with Gasteiger partial charge in [0.2, 0.25) is 5.91 Å². The topological polar surface area (TPSA) is 69.6 Å². The average Bonchev–Trinajstić information content (AvgIpc) is 2.77. The Labute approximate surface area is 95.8 Å². The largest absolute Gasteiger partial charge is 0.481 e. The number of aliphatic carboxylic acids is 1. The zero-order valence-electron chi connectivity index (χ0n) is 9.90. The van der Waals surface area contributed by atoms with Crippen LogP contribution in [0.4, 0.5) is 0 Å². The van der Waals surface area contributed by atoms with Crippen molar-refractivity contribution in [2.45, 2.75) is 32.7 Å². The van der Waals surface area contributed by atoms with E-state index in [2.05, 4.69) is 5.32 Å². The summed E-state index contributed by atoms with van der Waals surface area (Å²) in [5, 5.41) is 12.0. The van der Waals surface area contributed by atoms with Crippen molar-refractivity contribution in [3.8, 4) is 0 Å². The van der Waals surface area contributed by atoms with Crippen LogP contribution < -0.4 is 5.32 Å². The molecule has 16 heavy (non-hydrogen) atoms. The predicted octanol–water partition coefficient (Wildman–Crippen LogP) is 0.308. The van der Waals surface area contributed by atoms with Crippen molar-refractivity contribution in [2.24, 2.45) is 5.92 Å². The molecule has 0 radical (unpaired) electrons. The van der Waals surface area contributed by atoms with Crippen LogP contribution in [0.2, 0.25) is 0 Å². The summed E-state index contributed by atoms with van der Waals surface area (Å²) >= 11 is 0. The highest BCUT2D eigenvalue weighted by atomic mass is 16.4. The quantitative estimate of drug-likeness (QED) is 0.710. The summed E-state index contributed by atoms with van der Waals surface area (Å²) in [6.07, 6.45) is 1.87. The van der Waals surface area contributed by atoms with Crippen LogP contribution in [0.5, 0.6) is 0 Å². The lowest BCUT2D eigenvalue weighted by atomic mass is 10.1. The van der Waals surface area contributed by atoms with E-state index in [1.54, 1.807) is 11.8 Å². The lowest BCUT2D eigenvalue weighted by molar-refractivity contribution is -0.143. The van der Waals surface area contributed by atoms with E-state index in [9.17, 15) is 9.59 Å². The molecule has 5 heteroatoms. The Morgan fingerprint density at radius 1 is 1.56 bits per heavy atom. The number of carbonyl (C=O) groups is 2. The molecule has 92 valence electrons. The standard InChI is InChI=1S/C11H20N2O3/c1-3-13(7-8(2)11(15)16)10(14)9-5-4-6-12-9/h8-9,12H,3-7H2,1-2H3,(H,15,16). The van der Waals surface area contributed by atoms with E-state index in [4.69, 9.17) is 5.11 Å². The van der Waals surface area contributed by atoms with Crippen molar-refractivity contribution >= 4 is 11.9 Å². The highest BCUT2D eigenvalue weighted by molar-refractivity contribution is 5.82.